The molecule has 0 bridgehead atoms. The second-order valence-corrected chi connectivity index (χ2v) is 4.89. The third-order valence-electron chi connectivity index (χ3n) is 2.84. The van der Waals surface area contributed by atoms with Gasteiger partial charge in [-0.2, -0.15) is 5.10 Å². The van der Waals surface area contributed by atoms with Crippen LogP contribution in [-0.4, -0.2) is 15.2 Å². The van der Waals surface area contributed by atoms with Crippen LogP contribution in [0.3, 0.4) is 0 Å². The molecule has 0 spiro atoms. The highest BCUT2D eigenvalue weighted by Gasteiger charge is 2.06. The van der Waals surface area contributed by atoms with Crippen LogP contribution in [0.25, 0.3) is 0 Å². The molecule has 0 aliphatic carbocycles. The van der Waals surface area contributed by atoms with Crippen LogP contribution in [0.5, 0.6) is 0 Å². The monoisotopic (exact) mass is 294 g/mol. The summed E-state index contributed by atoms with van der Waals surface area (Å²) in [5.74, 6) is 0.888. The molecule has 0 fully saturated rings. The summed E-state index contributed by atoms with van der Waals surface area (Å²) in [5, 5.41) is 10.5. The normalized spacial score (nSPS) is 10.6. The van der Waals surface area contributed by atoms with Crippen LogP contribution >= 0.6 is 15.9 Å². The number of rotatable bonds is 3. The first-order valence-electron chi connectivity index (χ1n) is 5.45. The Hall–Kier alpha value is -1.36. The van der Waals surface area contributed by atoms with Gasteiger partial charge in [0.05, 0.1) is 12.2 Å². The molecule has 2 aromatic rings. The van der Waals surface area contributed by atoms with Gasteiger partial charge in [0.2, 0.25) is 0 Å². The maximum Gasteiger partial charge on any atom is 0.130 e. The Morgan fingerprint density at radius 3 is 2.71 bits per heavy atom. The first-order valence-corrected chi connectivity index (χ1v) is 6.24. The first-order chi connectivity index (χ1) is 8.08. The number of hydrogen-bond donors (Lipinski definition) is 2. The van der Waals surface area contributed by atoms with Crippen LogP contribution in [0.1, 0.15) is 22.5 Å². The zero-order valence-electron chi connectivity index (χ0n) is 10.1. The van der Waals surface area contributed by atoms with E-state index in [-0.39, 0.29) is 0 Å². The molecule has 2 rings (SSSR count). The zero-order chi connectivity index (χ0) is 12.4. The second-order valence-electron chi connectivity index (χ2n) is 4.07. The topological polar surface area (TPSA) is 53.6 Å². The summed E-state index contributed by atoms with van der Waals surface area (Å²) in [7, 11) is 0. The number of halogens is 1. The molecule has 90 valence electrons. The number of nitrogens with zero attached hydrogens (tertiary/aromatic N) is 2. The molecule has 0 unspecified atom stereocenters. The maximum absolute atomic E-state index is 4.39. The fourth-order valence-corrected chi connectivity index (χ4v) is 1.87. The number of aromatic amines is 1. The third-order valence-corrected chi connectivity index (χ3v) is 3.28. The standard InChI is InChI=1S/C12H15BrN4/c1-7-4-5-11(13)15-12(7)14-6-10-8(2)9(3)16-17-10/h4-5H,6H2,1-3H3,(H,14,15)(H,16,17). The lowest BCUT2D eigenvalue weighted by Crippen LogP contribution is -2.04. The number of aromatic nitrogens is 3. The lowest BCUT2D eigenvalue weighted by molar-refractivity contribution is 0.957. The lowest BCUT2D eigenvalue weighted by Gasteiger charge is -2.07. The molecule has 0 radical (unpaired) electrons. The Balaban J connectivity index is 2.12. The van der Waals surface area contributed by atoms with Crippen LogP contribution in [0, 0.1) is 20.8 Å². The molecule has 0 aliphatic rings. The first kappa shape index (κ1) is 12.1. The summed E-state index contributed by atoms with van der Waals surface area (Å²) in [6.45, 7) is 6.80. The third kappa shape index (κ3) is 2.66. The molecule has 0 saturated carbocycles. The van der Waals surface area contributed by atoms with Crippen LogP contribution in [-0.2, 0) is 6.54 Å². The predicted octanol–water partition coefficient (Wildman–Crippen LogP) is 3.10. The van der Waals surface area contributed by atoms with Crippen molar-refractivity contribution in [1.29, 1.82) is 0 Å². The predicted molar refractivity (Wildman–Crippen MR) is 72.1 cm³/mol. The van der Waals surface area contributed by atoms with Gasteiger partial charge in [-0.3, -0.25) is 5.10 Å². The van der Waals surface area contributed by atoms with Crippen molar-refractivity contribution in [2.24, 2.45) is 0 Å². The SMILES string of the molecule is Cc1ccc(Br)nc1NCc1n[nH]c(C)c1C. The Bertz CT molecular complexity index is 533. The van der Waals surface area contributed by atoms with Crippen LogP contribution in [0.15, 0.2) is 16.7 Å². The molecular weight excluding hydrogens is 280 g/mol. The van der Waals surface area contributed by atoms with Gasteiger partial charge in [-0.1, -0.05) is 6.07 Å². The van der Waals surface area contributed by atoms with Crippen molar-refractivity contribution in [3.8, 4) is 0 Å². The Morgan fingerprint density at radius 2 is 2.06 bits per heavy atom. The molecule has 0 saturated heterocycles. The molecule has 0 aromatic carbocycles. The van der Waals surface area contributed by atoms with Gasteiger partial charge >= 0.3 is 0 Å². The van der Waals surface area contributed by atoms with E-state index in [1.165, 1.54) is 5.56 Å². The zero-order valence-corrected chi connectivity index (χ0v) is 11.7. The van der Waals surface area contributed by atoms with Crippen molar-refractivity contribution in [2.45, 2.75) is 27.3 Å². The number of hydrogen-bond acceptors (Lipinski definition) is 3. The van der Waals surface area contributed by atoms with Gasteiger partial charge < -0.3 is 5.32 Å². The number of H-pyrrole nitrogens is 1. The van der Waals surface area contributed by atoms with Crippen molar-refractivity contribution >= 4 is 21.7 Å². The number of pyridine rings is 1. The summed E-state index contributed by atoms with van der Waals surface area (Å²) in [6, 6.07) is 3.96. The number of anilines is 1. The van der Waals surface area contributed by atoms with E-state index in [0.29, 0.717) is 6.54 Å². The van der Waals surface area contributed by atoms with Gasteiger partial charge in [0.25, 0.3) is 0 Å². The Labute approximate surface area is 109 Å². The Morgan fingerprint density at radius 1 is 1.29 bits per heavy atom. The summed E-state index contributed by atoms with van der Waals surface area (Å²) < 4.78 is 0.834. The number of nitrogens with one attached hydrogen (secondary N) is 2. The van der Waals surface area contributed by atoms with Crippen molar-refractivity contribution < 1.29 is 0 Å². The molecule has 2 heterocycles. The van der Waals surface area contributed by atoms with Crippen LogP contribution in [0.4, 0.5) is 5.82 Å². The molecule has 0 aliphatic heterocycles. The minimum Gasteiger partial charge on any atom is -0.364 e. The summed E-state index contributed by atoms with van der Waals surface area (Å²) in [6.07, 6.45) is 0. The van der Waals surface area contributed by atoms with Crippen LogP contribution in [0.2, 0.25) is 0 Å². The molecule has 2 N–H and O–H groups in total. The van der Waals surface area contributed by atoms with E-state index in [1.807, 2.05) is 26.0 Å². The minimum atomic E-state index is 0.681. The minimum absolute atomic E-state index is 0.681. The van der Waals surface area contributed by atoms with Crippen molar-refractivity contribution in [2.75, 3.05) is 5.32 Å². The van der Waals surface area contributed by atoms with E-state index in [0.717, 1.165) is 27.4 Å². The molecule has 0 amide bonds. The van der Waals surface area contributed by atoms with Crippen molar-refractivity contribution in [3.05, 3.63) is 39.3 Å². The van der Waals surface area contributed by atoms with Gasteiger partial charge in [0, 0.05) is 5.69 Å². The quantitative estimate of drug-likeness (QED) is 0.855. The summed E-state index contributed by atoms with van der Waals surface area (Å²) >= 11 is 3.37. The molecular formula is C12H15BrN4. The average Bonchev–Trinajstić information content (AvgIpc) is 2.62. The highest BCUT2D eigenvalue weighted by atomic mass is 79.9. The van der Waals surface area contributed by atoms with E-state index in [1.54, 1.807) is 0 Å². The largest absolute Gasteiger partial charge is 0.364 e. The van der Waals surface area contributed by atoms with E-state index in [2.05, 4.69) is 43.4 Å². The molecule has 5 heteroatoms. The van der Waals surface area contributed by atoms with Crippen molar-refractivity contribution in [1.82, 2.24) is 15.2 Å². The molecule has 4 nitrogen and oxygen atoms in total. The van der Waals surface area contributed by atoms with E-state index in [4.69, 9.17) is 0 Å². The average molecular weight is 295 g/mol. The highest BCUT2D eigenvalue weighted by molar-refractivity contribution is 9.10. The molecule has 0 atom stereocenters. The summed E-state index contributed by atoms with van der Waals surface area (Å²) in [5.41, 5.74) is 4.47. The van der Waals surface area contributed by atoms with Gasteiger partial charge in [-0.05, 0) is 53.9 Å². The molecule has 17 heavy (non-hydrogen) atoms. The maximum atomic E-state index is 4.39. The molecule has 2 aromatic heterocycles. The summed E-state index contributed by atoms with van der Waals surface area (Å²) in [4.78, 5) is 4.39. The Kier molecular flexibility index (Phi) is 3.47. The highest BCUT2D eigenvalue weighted by Crippen LogP contribution is 2.17. The fraction of sp³-hybridized carbons (Fsp3) is 0.333. The lowest BCUT2D eigenvalue weighted by atomic mass is 10.2. The fourth-order valence-electron chi connectivity index (χ4n) is 1.56. The van der Waals surface area contributed by atoms with Gasteiger partial charge in [-0.25, -0.2) is 4.98 Å². The van der Waals surface area contributed by atoms with E-state index in [9.17, 15) is 0 Å². The van der Waals surface area contributed by atoms with Crippen LogP contribution < -0.4 is 5.32 Å². The van der Waals surface area contributed by atoms with Gasteiger partial charge in [-0.15, -0.1) is 0 Å². The van der Waals surface area contributed by atoms with Crippen molar-refractivity contribution in [3.63, 3.8) is 0 Å². The van der Waals surface area contributed by atoms with Gasteiger partial charge in [0.1, 0.15) is 10.4 Å². The number of aryl methyl sites for hydroxylation is 2. The van der Waals surface area contributed by atoms with E-state index >= 15 is 0 Å². The smallest absolute Gasteiger partial charge is 0.130 e. The van der Waals surface area contributed by atoms with E-state index < -0.39 is 0 Å². The van der Waals surface area contributed by atoms with Gasteiger partial charge in [0.15, 0.2) is 0 Å². The second kappa shape index (κ2) is 4.87.